The van der Waals surface area contributed by atoms with Crippen LogP contribution in [0.5, 0.6) is 11.5 Å². The fourth-order valence-electron chi connectivity index (χ4n) is 3.07. The maximum atomic E-state index is 12.3. The molecule has 0 saturated carbocycles. The summed E-state index contributed by atoms with van der Waals surface area (Å²) in [6, 6.07) is 16.8. The van der Waals surface area contributed by atoms with Gasteiger partial charge in [0.05, 0.1) is 19.3 Å². The number of ether oxygens (including phenoxy) is 2. The van der Waals surface area contributed by atoms with Crippen molar-refractivity contribution in [3.8, 4) is 22.1 Å². The van der Waals surface area contributed by atoms with Crippen molar-refractivity contribution in [1.82, 2.24) is 15.3 Å². The van der Waals surface area contributed by atoms with Crippen LogP contribution in [-0.2, 0) is 17.9 Å². The zero-order valence-electron chi connectivity index (χ0n) is 18.4. The van der Waals surface area contributed by atoms with Gasteiger partial charge in [0.1, 0.15) is 11.6 Å². The molecule has 0 fully saturated rings. The summed E-state index contributed by atoms with van der Waals surface area (Å²) in [5, 5.41) is 6.37. The minimum absolute atomic E-state index is 0.208. The fraction of sp³-hybridized carbons (Fsp3) is 0.115. The number of nitrogens with zero attached hydrogens (tertiary/aromatic N) is 2. The molecule has 6 nitrogen and oxygen atoms in total. The van der Waals surface area contributed by atoms with Crippen LogP contribution in [-0.4, -0.2) is 23.0 Å². The minimum Gasteiger partial charge on any atom is -0.493 e. The predicted molar refractivity (Wildman–Crippen MR) is 135 cm³/mol. The van der Waals surface area contributed by atoms with Gasteiger partial charge in [0.25, 0.3) is 0 Å². The molecule has 0 aliphatic heterocycles. The zero-order chi connectivity index (χ0) is 23.8. The molecule has 4 rings (SSSR count). The van der Waals surface area contributed by atoms with Gasteiger partial charge in [0, 0.05) is 34.4 Å². The first kappa shape index (κ1) is 23.5. The average molecular weight is 492 g/mol. The Morgan fingerprint density at radius 3 is 2.65 bits per heavy atom. The number of halogens is 1. The van der Waals surface area contributed by atoms with Gasteiger partial charge in [-0.3, -0.25) is 9.78 Å². The molecule has 2 heterocycles. The van der Waals surface area contributed by atoms with E-state index in [1.54, 1.807) is 25.6 Å². The molecule has 0 atom stereocenters. The van der Waals surface area contributed by atoms with Crippen molar-refractivity contribution in [3.63, 3.8) is 0 Å². The first-order valence-corrected chi connectivity index (χ1v) is 11.7. The highest BCUT2D eigenvalue weighted by molar-refractivity contribution is 7.13. The Balaban J connectivity index is 1.31. The van der Waals surface area contributed by atoms with Crippen LogP contribution < -0.4 is 14.8 Å². The molecular formula is C26H22ClN3O3S. The van der Waals surface area contributed by atoms with Crippen molar-refractivity contribution in [2.24, 2.45) is 0 Å². The van der Waals surface area contributed by atoms with Gasteiger partial charge in [-0.25, -0.2) is 4.98 Å². The molecule has 2 aromatic heterocycles. The number of rotatable bonds is 9. The van der Waals surface area contributed by atoms with Crippen molar-refractivity contribution >= 4 is 34.9 Å². The standard InChI is InChI=1S/C26H22ClN3O3S/c1-32-24-14-18(4-8-23(24)33-16-19-2-6-21(27)7-3-19)5-9-25(31)29-15-22-17-34-26(30-22)20-10-12-28-13-11-20/h2-14,17H,15-16H2,1H3,(H,29,31)/b9-5+. The number of methoxy groups -OCH3 is 1. The van der Waals surface area contributed by atoms with Crippen LogP contribution in [0.2, 0.25) is 5.02 Å². The summed E-state index contributed by atoms with van der Waals surface area (Å²) in [7, 11) is 1.58. The van der Waals surface area contributed by atoms with Crippen LogP contribution in [0.4, 0.5) is 0 Å². The van der Waals surface area contributed by atoms with E-state index in [0.29, 0.717) is 29.7 Å². The van der Waals surface area contributed by atoms with Crippen molar-refractivity contribution in [1.29, 1.82) is 0 Å². The van der Waals surface area contributed by atoms with Gasteiger partial charge in [0.2, 0.25) is 5.91 Å². The smallest absolute Gasteiger partial charge is 0.244 e. The lowest BCUT2D eigenvalue weighted by molar-refractivity contribution is -0.116. The molecule has 4 aromatic rings. The van der Waals surface area contributed by atoms with Crippen LogP contribution >= 0.6 is 22.9 Å². The van der Waals surface area contributed by atoms with Crippen LogP contribution in [0.3, 0.4) is 0 Å². The van der Waals surface area contributed by atoms with E-state index in [4.69, 9.17) is 21.1 Å². The molecule has 0 saturated heterocycles. The van der Waals surface area contributed by atoms with Gasteiger partial charge in [-0.15, -0.1) is 11.3 Å². The molecule has 0 bridgehead atoms. The van der Waals surface area contributed by atoms with Crippen LogP contribution in [0.15, 0.2) is 78.4 Å². The van der Waals surface area contributed by atoms with Gasteiger partial charge in [-0.2, -0.15) is 0 Å². The number of nitrogens with one attached hydrogen (secondary N) is 1. The van der Waals surface area contributed by atoms with E-state index in [-0.39, 0.29) is 5.91 Å². The Labute approximate surface area is 206 Å². The van der Waals surface area contributed by atoms with Gasteiger partial charge in [-0.05, 0) is 53.6 Å². The number of carbonyl (C=O) groups is 1. The van der Waals surface area contributed by atoms with Crippen molar-refractivity contribution in [2.75, 3.05) is 7.11 Å². The number of amides is 1. The van der Waals surface area contributed by atoms with Gasteiger partial charge < -0.3 is 14.8 Å². The molecule has 0 aliphatic carbocycles. The normalized spacial score (nSPS) is 10.9. The van der Waals surface area contributed by atoms with E-state index in [1.807, 2.05) is 60.0 Å². The van der Waals surface area contributed by atoms with E-state index in [1.165, 1.54) is 17.4 Å². The molecule has 0 aliphatic rings. The first-order chi connectivity index (χ1) is 16.6. The van der Waals surface area contributed by atoms with E-state index in [0.717, 1.165) is 27.4 Å². The predicted octanol–water partition coefficient (Wildman–Crippen LogP) is 5.78. The monoisotopic (exact) mass is 491 g/mol. The van der Waals surface area contributed by atoms with E-state index in [9.17, 15) is 4.79 Å². The number of hydrogen-bond donors (Lipinski definition) is 1. The number of thiazole rings is 1. The molecule has 8 heteroatoms. The second-order valence-electron chi connectivity index (χ2n) is 7.26. The molecule has 2 aromatic carbocycles. The van der Waals surface area contributed by atoms with Gasteiger partial charge in [0.15, 0.2) is 11.5 Å². The summed E-state index contributed by atoms with van der Waals surface area (Å²) in [6.07, 6.45) is 6.68. The molecule has 1 N–H and O–H groups in total. The SMILES string of the molecule is COc1cc(/C=C/C(=O)NCc2csc(-c3ccncc3)n2)ccc1OCc1ccc(Cl)cc1. The lowest BCUT2D eigenvalue weighted by Crippen LogP contribution is -2.20. The summed E-state index contributed by atoms with van der Waals surface area (Å²) in [5.41, 5.74) is 3.63. The minimum atomic E-state index is -0.208. The molecule has 0 radical (unpaired) electrons. The molecule has 1 amide bonds. The van der Waals surface area contributed by atoms with Crippen molar-refractivity contribution in [3.05, 3.63) is 100 Å². The summed E-state index contributed by atoms with van der Waals surface area (Å²) < 4.78 is 11.3. The largest absolute Gasteiger partial charge is 0.493 e. The molecule has 0 spiro atoms. The first-order valence-electron chi connectivity index (χ1n) is 10.5. The molecule has 34 heavy (non-hydrogen) atoms. The quantitative estimate of drug-likeness (QED) is 0.301. The van der Waals surface area contributed by atoms with Crippen molar-refractivity contribution in [2.45, 2.75) is 13.2 Å². The van der Waals surface area contributed by atoms with Crippen molar-refractivity contribution < 1.29 is 14.3 Å². The highest BCUT2D eigenvalue weighted by Gasteiger charge is 2.07. The van der Waals surface area contributed by atoms with Crippen LogP contribution in [0.25, 0.3) is 16.6 Å². The molecular weight excluding hydrogens is 470 g/mol. The Bertz CT molecular complexity index is 1270. The Morgan fingerprint density at radius 2 is 1.88 bits per heavy atom. The topological polar surface area (TPSA) is 73.3 Å². The van der Waals surface area contributed by atoms with E-state index in [2.05, 4.69) is 15.3 Å². The summed E-state index contributed by atoms with van der Waals surface area (Å²) in [5.74, 6) is 0.996. The average Bonchev–Trinajstić information content (AvgIpc) is 3.36. The number of aromatic nitrogens is 2. The summed E-state index contributed by atoms with van der Waals surface area (Å²) >= 11 is 7.45. The Morgan fingerprint density at radius 1 is 1.09 bits per heavy atom. The maximum absolute atomic E-state index is 12.3. The summed E-state index contributed by atoms with van der Waals surface area (Å²) in [4.78, 5) is 20.9. The van der Waals surface area contributed by atoms with E-state index < -0.39 is 0 Å². The maximum Gasteiger partial charge on any atom is 0.244 e. The second kappa shape index (κ2) is 11.4. The Kier molecular flexibility index (Phi) is 7.91. The number of benzene rings is 2. The fourth-order valence-corrected chi connectivity index (χ4v) is 4.02. The zero-order valence-corrected chi connectivity index (χ0v) is 20.0. The lowest BCUT2D eigenvalue weighted by atomic mass is 10.2. The number of hydrogen-bond acceptors (Lipinski definition) is 6. The second-order valence-corrected chi connectivity index (χ2v) is 8.55. The van der Waals surface area contributed by atoms with Gasteiger partial charge >= 0.3 is 0 Å². The van der Waals surface area contributed by atoms with Crippen LogP contribution in [0.1, 0.15) is 16.8 Å². The van der Waals surface area contributed by atoms with E-state index >= 15 is 0 Å². The highest BCUT2D eigenvalue weighted by atomic mass is 35.5. The number of carbonyl (C=O) groups excluding carboxylic acids is 1. The van der Waals surface area contributed by atoms with Gasteiger partial charge in [-0.1, -0.05) is 29.8 Å². The lowest BCUT2D eigenvalue weighted by Gasteiger charge is -2.11. The number of pyridine rings is 1. The molecule has 0 unspecified atom stereocenters. The van der Waals surface area contributed by atoms with Crippen LogP contribution in [0, 0.1) is 0 Å². The third-order valence-corrected chi connectivity index (χ3v) is 6.04. The Hall–Kier alpha value is -3.68. The third kappa shape index (κ3) is 6.43. The summed E-state index contributed by atoms with van der Waals surface area (Å²) in [6.45, 7) is 0.746. The highest BCUT2D eigenvalue weighted by Crippen LogP contribution is 2.29. The molecule has 172 valence electrons. The third-order valence-electron chi connectivity index (χ3n) is 4.85.